The fourth-order valence-corrected chi connectivity index (χ4v) is 2.60. The Morgan fingerprint density at radius 3 is 1.78 bits per heavy atom. The highest BCUT2D eigenvalue weighted by Crippen LogP contribution is 2.34. The van der Waals surface area contributed by atoms with Crippen molar-refractivity contribution in [3.05, 3.63) is 53.6 Å². The van der Waals surface area contributed by atoms with E-state index in [1.807, 2.05) is 0 Å². The van der Waals surface area contributed by atoms with Gasteiger partial charge in [0.1, 0.15) is 0 Å². The molecule has 1 N–H and O–H groups in total. The van der Waals surface area contributed by atoms with E-state index in [0.29, 0.717) is 0 Å². The fourth-order valence-electron chi connectivity index (χ4n) is 2.60. The van der Waals surface area contributed by atoms with Gasteiger partial charge in [-0.05, 0) is 33.6 Å². The molecule has 23 heavy (non-hydrogen) atoms. The van der Waals surface area contributed by atoms with E-state index >= 15 is 0 Å². The second kappa shape index (κ2) is 6.19. The van der Waals surface area contributed by atoms with E-state index in [2.05, 4.69) is 89.3 Å². The van der Waals surface area contributed by atoms with Crippen LogP contribution >= 0.6 is 0 Å². The molecule has 0 aliphatic rings. The van der Waals surface area contributed by atoms with E-state index < -0.39 is 0 Å². The molecule has 1 amide bonds. The van der Waals surface area contributed by atoms with Gasteiger partial charge in [-0.3, -0.25) is 4.79 Å². The fraction of sp³-hybridized carbons (Fsp3) is 0.381. The van der Waals surface area contributed by atoms with Crippen molar-refractivity contribution >= 4 is 12.1 Å². The molecule has 0 heterocycles. The Labute approximate surface area is 139 Å². The van der Waals surface area contributed by atoms with Gasteiger partial charge in [-0.15, -0.1) is 0 Å². The van der Waals surface area contributed by atoms with Crippen molar-refractivity contribution in [2.75, 3.05) is 5.32 Å². The minimum absolute atomic E-state index is 0.0495. The van der Waals surface area contributed by atoms with Crippen molar-refractivity contribution in [3.63, 3.8) is 0 Å². The van der Waals surface area contributed by atoms with Crippen LogP contribution in [0.2, 0.25) is 0 Å². The number of benzene rings is 2. The minimum atomic E-state index is 0.0495. The molecule has 0 spiro atoms. The van der Waals surface area contributed by atoms with Crippen molar-refractivity contribution in [1.82, 2.24) is 0 Å². The maximum Gasteiger partial charge on any atom is 0.211 e. The van der Waals surface area contributed by atoms with Crippen molar-refractivity contribution in [3.8, 4) is 11.1 Å². The maximum absolute atomic E-state index is 11.0. The summed E-state index contributed by atoms with van der Waals surface area (Å²) in [7, 11) is 0. The summed E-state index contributed by atoms with van der Waals surface area (Å²) < 4.78 is 0. The zero-order valence-corrected chi connectivity index (χ0v) is 15.0. The van der Waals surface area contributed by atoms with Gasteiger partial charge in [0.2, 0.25) is 6.41 Å². The number of amides is 1. The van der Waals surface area contributed by atoms with Gasteiger partial charge in [0.05, 0.1) is 0 Å². The molecule has 0 aliphatic heterocycles. The Morgan fingerprint density at radius 1 is 0.783 bits per heavy atom. The molecule has 122 valence electrons. The third kappa shape index (κ3) is 4.01. The van der Waals surface area contributed by atoms with Gasteiger partial charge in [-0.1, -0.05) is 77.9 Å². The molecular weight excluding hydrogens is 282 g/mol. The first-order valence-electron chi connectivity index (χ1n) is 8.08. The number of hydrogen-bond donors (Lipinski definition) is 1. The second-order valence-electron chi connectivity index (χ2n) is 8.10. The Morgan fingerprint density at radius 2 is 1.30 bits per heavy atom. The normalized spacial score (nSPS) is 12.1. The first kappa shape index (κ1) is 17.3. The number of anilines is 1. The van der Waals surface area contributed by atoms with Crippen LogP contribution in [0.4, 0.5) is 5.69 Å². The molecule has 2 aromatic rings. The van der Waals surface area contributed by atoms with E-state index in [0.717, 1.165) is 23.2 Å². The molecule has 0 aliphatic carbocycles. The Balaban J connectivity index is 2.48. The highest BCUT2D eigenvalue weighted by molar-refractivity contribution is 5.85. The van der Waals surface area contributed by atoms with Crippen molar-refractivity contribution in [2.45, 2.75) is 52.4 Å². The van der Waals surface area contributed by atoms with E-state index in [1.165, 1.54) is 11.1 Å². The predicted octanol–water partition coefficient (Wildman–Crippen LogP) is 5.52. The van der Waals surface area contributed by atoms with Crippen LogP contribution in [0.15, 0.2) is 42.5 Å². The number of nitrogens with one attached hydrogen (secondary N) is 1. The number of hydrogen-bond acceptors (Lipinski definition) is 1. The molecule has 2 nitrogen and oxygen atoms in total. The first-order chi connectivity index (χ1) is 10.6. The average Bonchev–Trinajstić information content (AvgIpc) is 2.46. The Bertz CT molecular complexity index is 685. The van der Waals surface area contributed by atoms with Crippen LogP contribution in [0.5, 0.6) is 0 Å². The third-order valence-corrected chi connectivity index (χ3v) is 4.16. The predicted molar refractivity (Wildman–Crippen MR) is 99.0 cm³/mol. The Kier molecular flexibility index (Phi) is 4.65. The van der Waals surface area contributed by atoms with E-state index in [-0.39, 0.29) is 10.8 Å². The number of rotatable bonds is 3. The van der Waals surface area contributed by atoms with Crippen LogP contribution in [-0.2, 0) is 15.6 Å². The Hall–Kier alpha value is -2.09. The molecule has 2 rings (SSSR count). The highest BCUT2D eigenvalue weighted by atomic mass is 16.1. The average molecular weight is 309 g/mol. The van der Waals surface area contributed by atoms with Crippen LogP contribution < -0.4 is 5.32 Å². The summed E-state index contributed by atoms with van der Waals surface area (Å²) in [4.78, 5) is 11.0. The lowest BCUT2D eigenvalue weighted by atomic mass is 9.84. The largest absolute Gasteiger partial charge is 0.328 e. The molecule has 0 saturated heterocycles. The summed E-state index contributed by atoms with van der Waals surface area (Å²) in [5.74, 6) is 0. The van der Waals surface area contributed by atoms with Gasteiger partial charge in [0.25, 0.3) is 0 Å². The molecule has 2 heteroatoms. The highest BCUT2D eigenvalue weighted by Gasteiger charge is 2.17. The lowest BCUT2D eigenvalue weighted by molar-refractivity contribution is -0.105. The summed E-state index contributed by atoms with van der Waals surface area (Å²) in [6, 6.07) is 14.9. The zero-order valence-electron chi connectivity index (χ0n) is 15.0. The van der Waals surface area contributed by atoms with Crippen LogP contribution in [-0.4, -0.2) is 6.41 Å². The molecular formula is C21H27NO. The van der Waals surface area contributed by atoms with Crippen LogP contribution in [0.3, 0.4) is 0 Å². The monoisotopic (exact) mass is 309 g/mol. The van der Waals surface area contributed by atoms with Gasteiger partial charge in [0, 0.05) is 11.3 Å². The minimum Gasteiger partial charge on any atom is -0.328 e. The quantitative estimate of drug-likeness (QED) is 0.743. The van der Waals surface area contributed by atoms with Crippen LogP contribution in [0, 0.1) is 0 Å². The summed E-state index contributed by atoms with van der Waals surface area (Å²) in [6.07, 6.45) is 0.745. The van der Waals surface area contributed by atoms with Gasteiger partial charge in [-0.2, -0.15) is 0 Å². The summed E-state index contributed by atoms with van der Waals surface area (Å²) in [5.41, 5.74) is 5.71. The van der Waals surface area contributed by atoms with Gasteiger partial charge in [0.15, 0.2) is 0 Å². The lowest BCUT2D eigenvalue weighted by Crippen LogP contribution is -2.12. The standard InChI is InChI=1S/C21H27NO/c1-20(2,3)16-9-7-15(8-10-16)18-12-11-17(21(4,5)6)13-19(18)22-14-23/h7-14H,1-6H3,(H,22,23). The third-order valence-electron chi connectivity index (χ3n) is 4.16. The van der Waals surface area contributed by atoms with Gasteiger partial charge < -0.3 is 5.32 Å². The van der Waals surface area contributed by atoms with E-state index in [4.69, 9.17) is 0 Å². The molecule has 0 fully saturated rings. The molecule has 0 radical (unpaired) electrons. The zero-order chi connectivity index (χ0) is 17.3. The van der Waals surface area contributed by atoms with Crippen molar-refractivity contribution < 1.29 is 4.79 Å². The van der Waals surface area contributed by atoms with Crippen LogP contribution in [0.25, 0.3) is 11.1 Å². The molecule has 0 aromatic heterocycles. The maximum atomic E-state index is 11.0. The molecule has 0 unspecified atom stereocenters. The van der Waals surface area contributed by atoms with E-state index in [1.54, 1.807) is 0 Å². The smallest absolute Gasteiger partial charge is 0.211 e. The number of carbonyl (C=O) groups is 1. The van der Waals surface area contributed by atoms with Crippen molar-refractivity contribution in [1.29, 1.82) is 0 Å². The summed E-state index contributed by atoms with van der Waals surface area (Å²) in [5, 5.41) is 2.85. The van der Waals surface area contributed by atoms with Crippen molar-refractivity contribution in [2.24, 2.45) is 0 Å². The molecule has 0 saturated carbocycles. The second-order valence-corrected chi connectivity index (χ2v) is 8.10. The van der Waals surface area contributed by atoms with Crippen LogP contribution in [0.1, 0.15) is 52.7 Å². The topological polar surface area (TPSA) is 29.1 Å². The summed E-state index contributed by atoms with van der Waals surface area (Å²) in [6.45, 7) is 13.1. The molecule has 0 atom stereocenters. The lowest BCUT2D eigenvalue weighted by Gasteiger charge is -2.22. The number of carbonyl (C=O) groups excluding carboxylic acids is 1. The van der Waals surface area contributed by atoms with Gasteiger partial charge in [-0.25, -0.2) is 0 Å². The molecule has 0 bridgehead atoms. The summed E-state index contributed by atoms with van der Waals surface area (Å²) >= 11 is 0. The van der Waals surface area contributed by atoms with E-state index in [9.17, 15) is 4.79 Å². The first-order valence-corrected chi connectivity index (χ1v) is 8.08. The van der Waals surface area contributed by atoms with Gasteiger partial charge >= 0.3 is 0 Å². The molecule has 2 aromatic carbocycles. The SMILES string of the molecule is CC(C)(C)c1ccc(-c2ccc(C(C)(C)C)cc2NC=O)cc1.